The Kier molecular flexibility index (Phi) is 3.10. The molecule has 4 heteroatoms. The van der Waals surface area contributed by atoms with Crippen LogP contribution in [0.3, 0.4) is 0 Å². The summed E-state index contributed by atoms with van der Waals surface area (Å²) in [5.41, 5.74) is 7.66. The van der Waals surface area contributed by atoms with Crippen molar-refractivity contribution in [2.75, 3.05) is 17.6 Å². The summed E-state index contributed by atoms with van der Waals surface area (Å²) in [4.78, 5) is 4.08. The molecule has 0 spiro atoms. The molecule has 0 saturated heterocycles. The van der Waals surface area contributed by atoms with Crippen molar-refractivity contribution in [2.45, 2.75) is 0 Å². The fraction of sp³-hybridized carbons (Fsp3) is 0.0833. The highest BCUT2D eigenvalue weighted by molar-refractivity contribution is 9.11. The summed E-state index contributed by atoms with van der Waals surface area (Å²) in [6, 6.07) is 5.79. The molecular weight excluding hydrogens is 266 g/mol. The molecule has 0 fully saturated rings. The van der Waals surface area contributed by atoms with Crippen molar-refractivity contribution in [3.8, 4) is 0 Å². The van der Waals surface area contributed by atoms with Crippen molar-refractivity contribution in [2.24, 2.45) is 0 Å². The van der Waals surface area contributed by atoms with Crippen LogP contribution in [0.1, 0.15) is 0 Å². The molecule has 0 saturated carbocycles. The lowest BCUT2D eigenvalue weighted by molar-refractivity contribution is 1.33. The molecule has 1 aromatic carbocycles. The van der Waals surface area contributed by atoms with E-state index in [2.05, 4.69) is 32.8 Å². The van der Waals surface area contributed by atoms with Crippen LogP contribution in [-0.4, -0.2) is 11.5 Å². The minimum Gasteiger partial charge on any atom is -0.398 e. The van der Waals surface area contributed by atoms with Gasteiger partial charge >= 0.3 is 0 Å². The molecule has 2 aromatic rings. The molecule has 0 aliphatic carbocycles. The van der Waals surface area contributed by atoms with Gasteiger partial charge in [-0.3, -0.25) is 4.98 Å². The van der Waals surface area contributed by atoms with Crippen molar-refractivity contribution in [1.82, 2.24) is 4.98 Å². The Hall–Kier alpha value is -1.55. The quantitative estimate of drug-likeness (QED) is 0.848. The fourth-order valence-corrected chi connectivity index (χ4v) is 1.70. The third-order valence-electron chi connectivity index (χ3n) is 2.32. The summed E-state index contributed by atoms with van der Waals surface area (Å²) in [6.45, 7) is 4.47. The molecule has 3 nitrogen and oxygen atoms in total. The number of hydrogen-bond donors (Lipinski definition) is 2. The maximum Gasteiger partial charge on any atom is 0.0460 e. The maximum absolute atomic E-state index is 5.89. The minimum absolute atomic E-state index is 0.682. The second-order valence-electron chi connectivity index (χ2n) is 3.49. The Bertz CT molecular complexity index is 537. The number of fused-ring (bicyclic) bond motifs is 1. The fourth-order valence-electron chi connectivity index (χ4n) is 1.56. The van der Waals surface area contributed by atoms with Gasteiger partial charge in [0.1, 0.15) is 0 Å². The SMILES string of the molecule is C=C(Br)CNc1ccc(N)c2cnccc12. The van der Waals surface area contributed by atoms with Gasteiger partial charge in [0.25, 0.3) is 0 Å². The maximum atomic E-state index is 5.89. The van der Waals surface area contributed by atoms with Crippen LogP contribution in [0.15, 0.2) is 41.7 Å². The van der Waals surface area contributed by atoms with E-state index in [9.17, 15) is 0 Å². The molecule has 1 aromatic heterocycles. The average molecular weight is 278 g/mol. The lowest BCUT2D eigenvalue weighted by Gasteiger charge is -2.10. The second kappa shape index (κ2) is 4.53. The first-order valence-corrected chi connectivity index (χ1v) is 5.67. The number of nitrogens with zero attached hydrogens (tertiary/aromatic N) is 1. The number of nitrogen functional groups attached to an aromatic ring is 1. The van der Waals surface area contributed by atoms with E-state index >= 15 is 0 Å². The molecule has 0 unspecified atom stereocenters. The van der Waals surface area contributed by atoms with E-state index in [4.69, 9.17) is 5.73 Å². The van der Waals surface area contributed by atoms with Gasteiger partial charge in [-0.1, -0.05) is 22.5 Å². The Labute approximate surface area is 102 Å². The summed E-state index contributed by atoms with van der Waals surface area (Å²) >= 11 is 3.32. The second-order valence-corrected chi connectivity index (χ2v) is 4.62. The number of aromatic nitrogens is 1. The molecule has 0 amide bonds. The normalized spacial score (nSPS) is 10.3. The average Bonchev–Trinajstić information content (AvgIpc) is 2.28. The van der Waals surface area contributed by atoms with Crippen LogP contribution >= 0.6 is 15.9 Å². The third-order valence-corrected chi connectivity index (χ3v) is 2.60. The number of hydrogen-bond acceptors (Lipinski definition) is 3. The number of halogens is 1. The van der Waals surface area contributed by atoms with Crippen LogP contribution in [0.5, 0.6) is 0 Å². The van der Waals surface area contributed by atoms with E-state index in [0.717, 1.165) is 26.6 Å². The number of nitrogens with one attached hydrogen (secondary N) is 1. The van der Waals surface area contributed by atoms with Gasteiger partial charge < -0.3 is 11.1 Å². The van der Waals surface area contributed by atoms with E-state index in [1.807, 2.05) is 18.2 Å². The molecule has 0 aliphatic heterocycles. The third kappa shape index (κ3) is 2.17. The van der Waals surface area contributed by atoms with Gasteiger partial charge in [0.2, 0.25) is 0 Å². The van der Waals surface area contributed by atoms with Gasteiger partial charge in [0.05, 0.1) is 0 Å². The molecule has 0 radical (unpaired) electrons. The van der Waals surface area contributed by atoms with Crippen LogP contribution in [0, 0.1) is 0 Å². The van der Waals surface area contributed by atoms with E-state index in [0.29, 0.717) is 6.54 Å². The van der Waals surface area contributed by atoms with Crippen molar-refractivity contribution in [1.29, 1.82) is 0 Å². The highest BCUT2D eigenvalue weighted by Gasteiger charge is 2.03. The minimum atomic E-state index is 0.682. The zero-order valence-corrected chi connectivity index (χ0v) is 10.3. The van der Waals surface area contributed by atoms with E-state index < -0.39 is 0 Å². The number of nitrogens with two attached hydrogens (primary N) is 1. The molecule has 16 heavy (non-hydrogen) atoms. The monoisotopic (exact) mass is 277 g/mol. The molecule has 0 atom stereocenters. The standard InChI is InChI=1S/C12H12BrN3/c1-8(13)6-16-12-3-2-11(14)10-7-15-5-4-9(10)12/h2-5,7,16H,1,6,14H2. The summed E-state index contributed by atoms with van der Waals surface area (Å²) in [7, 11) is 0. The van der Waals surface area contributed by atoms with Gasteiger partial charge in [-0.05, 0) is 18.2 Å². The first-order chi connectivity index (χ1) is 7.68. The van der Waals surface area contributed by atoms with Gasteiger partial charge in [0.15, 0.2) is 0 Å². The van der Waals surface area contributed by atoms with E-state index in [1.165, 1.54) is 0 Å². The van der Waals surface area contributed by atoms with Crippen molar-refractivity contribution in [3.05, 3.63) is 41.7 Å². The van der Waals surface area contributed by atoms with Crippen LogP contribution in [0.25, 0.3) is 10.8 Å². The molecule has 82 valence electrons. The van der Waals surface area contributed by atoms with E-state index in [1.54, 1.807) is 12.4 Å². The predicted molar refractivity (Wildman–Crippen MR) is 72.7 cm³/mol. The molecule has 2 rings (SSSR count). The molecular formula is C12H12BrN3. The molecule has 1 heterocycles. The molecule has 0 aliphatic rings. The Morgan fingerprint density at radius 2 is 2.19 bits per heavy atom. The Morgan fingerprint density at radius 3 is 2.94 bits per heavy atom. The molecule has 0 bridgehead atoms. The number of rotatable bonds is 3. The number of benzene rings is 1. The Morgan fingerprint density at radius 1 is 1.38 bits per heavy atom. The number of pyridine rings is 1. The lowest BCUT2D eigenvalue weighted by Crippen LogP contribution is -2.01. The summed E-state index contributed by atoms with van der Waals surface area (Å²) in [5.74, 6) is 0. The predicted octanol–water partition coefficient (Wildman–Crippen LogP) is 3.14. The lowest BCUT2D eigenvalue weighted by atomic mass is 10.1. The highest BCUT2D eigenvalue weighted by atomic mass is 79.9. The summed E-state index contributed by atoms with van der Waals surface area (Å²) in [5, 5.41) is 5.32. The van der Waals surface area contributed by atoms with Gasteiger partial charge in [-0.15, -0.1) is 0 Å². The van der Waals surface area contributed by atoms with Crippen LogP contribution in [0.2, 0.25) is 0 Å². The van der Waals surface area contributed by atoms with Gasteiger partial charge in [-0.2, -0.15) is 0 Å². The highest BCUT2D eigenvalue weighted by Crippen LogP contribution is 2.27. The van der Waals surface area contributed by atoms with Crippen LogP contribution in [-0.2, 0) is 0 Å². The topological polar surface area (TPSA) is 50.9 Å². The summed E-state index contributed by atoms with van der Waals surface area (Å²) in [6.07, 6.45) is 3.54. The van der Waals surface area contributed by atoms with Crippen molar-refractivity contribution < 1.29 is 0 Å². The first kappa shape index (κ1) is 11.0. The van der Waals surface area contributed by atoms with Crippen molar-refractivity contribution in [3.63, 3.8) is 0 Å². The first-order valence-electron chi connectivity index (χ1n) is 4.88. The zero-order valence-electron chi connectivity index (χ0n) is 8.70. The smallest absolute Gasteiger partial charge is 0.0460 e. The summed E-state index contributed by atoms with van der Waals surface area (Å²) < 4.78 is 0.909. The van der Waals surface area contributed by atoms with Gasteiger partial charge in [-0.25, -0.2) is 0 Å². The number of anilines is 2. The van der Waals surface area contributed by atoms with Crippen LogP contribution in [0.4, 0.5) is 11.4 Å². The van der Waals surface area contributed by atoms with E-state index in [-0.39, 0.29) is 0 Å². The van der Waals surface area contributed by atoms with Crippen molar-refractivity contribution >= 4 is 38.1 Å². The zero-order chi connectivity index (χ0) is 11.5. The van der Waals surface area contributed by atoms with Crippen LogP contribution < -0.4 is 11.1 Å². The largest absolute Gasteiger partial charge is 0.398 e. The Balaban J connectivity index is 2.46. The molecule has 3 N–H and O–H groups in total. The van der Waals surface area contributed by atoms with Gasteiger partial charge in [0, 0.05) is 45.6 Å².